The Kier molecular flexibility index (Phi) is 5.88. The molecule has 0 saturated carbocycles. The largest absolute Gasteiger partial charge is 0.497 e. The SMILES string of the molecule is COc1ccc(N2C[C@H](C(=O)Oc3cccc(N4C(=O)[C@@H]5[C@H](C)C=CC[C@H]5C4=O)c3)CC2=O)cc1. The average Bonchev–Trinajstić information content (AvgIpc) is 3.37. The summed E-state index contributed by atoms with van der Waals surface area (Å²) in [5.41, 5.74) is 1.07. The minimum absolute atomic E-state index is 0.00948. The van der Waals surface area contributed by atoms with Gasteiger partial charge in [-0.05, 0) is 48.7 Å². The Hall–Kier alpha value is -3.94. The van der Waals surface area contributed by atoms with E-state index < -0.39 is 11.9 Å². The molecule has 2 saturated heterocycles. The van der Waals surface area contributed by atoms with Crippen LogP contribution >= 0.6 is 0 Å². The van der Waals surface area contributed by atoms with E-state index in [0.29, 0.717) is 23.5 Å². The second-order valence-electron chi connectivity index (χ2n) is 9.19. The molecule has 35 heavy (non-hydrogen) atoms. The lowest BCUT2D eigenvalue weighted by atomic mass is 9.78. The highest BCUT2D eigenvalue weighted by Crippen LogP contribution is 2.41. The van der Waals surface area contributed by atoms with E-state index in [-0.39, 0.29) is 54.2 Å². The number of hydrogen-bond donors (Lipinski definition) is 0. The van der Waals surface area contributed by atoms with Crippen molar-refractivity contribution in [2.45, 2.75) is 19.8 Å². The number of rotatable bonds is 5. The second-order valence-corrected chi connectivity index (χ2v) is 9.19. The van der Waals surface area contributed by atoms with Crippen LogP contribution in [-0.4, -0.2) is 37.3 Å². The number of fused-ring (bicyclic) bond motifs is 1. The van der Waals surface area contributed by atoms with Crippen molar-refractivity contribution in [2.24, 2.45) is 23.7 Å². The van der Waals surface area contributed by atoms with Crippen molar-refractivity contribution in [1.29, 1.82) is 0 Å². The zero-order valence-electron chi connectivity index (χ0n) is 19.5. The number of carbonyl (C=O) groups excluding carboxylic acids is 4. The summed E-state index contributed by atoms with van der Waals surface area (Å²) in [5.74, 6) is -1.60. The first-order valence-electron chi connectivity index (χ1n) is 11.7. The summed E-state index contributed by atoms with van der Waals surface area (Å²) >= 11 is 0. The molecule has 0 N–H and O–H groups in total. The smallest absolute Gasteiger partial charge is 0.316 e. The predicted octanol–water partition coefficient (Wildman–Crippen LogP) is 3.36. The van der Waals surface area contributed by atoms with Gasteiger partial charge in [0.15, 0.2) is 0 Å². The van der Waals surface area contributed by atoms with Gasteiger partial charge >= 0.3 is 5.97 Å². The number of allylic oxidation sites excluding steroid dienone is 2. The van der Waals surface area contributed by atoms with Crippen LogP contribution in [0.2, 0.25) is 0 Å². The van der Waals surface area contributed by atoms with Crippen LogP contribution in [-0.2, 0) is 19.2 Å². The molecule has 8 heteroatoms. The van der Waals surface area contributed by atoms with Crippen LogP contribution in [0.25, 0.3) is 0 Å². The van der Waals surface area contributed by atoms with Crippen LogP contribution in [0.3, 0.4) is 0 Å². The standard InChI is InChI=1S/C27H26N2O6/c1-16-5-3-8-22-24(16)26(32)29(25(22)31)19-6-4-7-21(14-19)35-27(33)17-13-23(30)28(15-17)18-9-11-20(34-2)12-10-18/h3-7,9-12,14,16-17,22,24H,8,13,15H2,1-2H3/t16-,17-,22-,24-/m1/s1. The molecule has 3 aliphatic rings. The fraction of sp³-hybridized carbons (Fsp3) is 0.333. The molecule has 3 amide bonds. The summed E-state index contributed by atoms with van der Waals surface area (Å²) in [6, 6.07) is 13.5. The molecule has 1 aliphatic carbocycles. The minimum atomic E-state index is -0.627. The van der Waals surface area contributed by atoms with Crippen molar-refractivity contribution in [3.8, 4) is 11.5 Å². The molecule has 4 atom stereocenters. The zero-order chi connectivity index (χ0) is 24.7. The van der Waals surface area contributed by atoms with Gasteiger partial charge in [0.2, 0.25) is 17.7 Å². The molecule has 8 nitrogen and oxygen atoms in total. The molecule has 2 heterocycles. The molecule has 5 rings (SSSR count). The van der Waals surface area contributed by atoms with Crippen LogP contribution in [0.4, 0.5) is 11.4 Å². The van der Waals surface area contributed by atoms with Crippen molar-refractivity contribution in [3.63, 3.8) is 0 Å². The van der Waals surface area contributed by atoms with E-state index in [9.17, 15) is 19.2 Å². The lowest BCUT2D eigenvalue weighted by Gasteiger charge is -2.22. The van der Waals surface area contributed by atoms with Crippen molar-refractivity contribution in [2.75, 3.05) is 23.5 Å². The Labute approximate surface area is 203 Å². The fourth-order valence-corrected chi connectivity index (χ4v) is 5.16. The zero-order valence-corrected chi connectivity index (χ0v) is 19.5. The van der Waals surface area contributed by atoms with E-state index in [2.05, 4.69) is 0 Å². The number of ether oxygens (including phenoxy) is 2. The van der Waals surface area contributed by atoms with Crippen LogP contribution < -0.4 is 19.3 Å². The van der Waals surface area contributed by atoms with Gasteiger partial charge in [0.1, 0.15) is 11.5 Å². The van der Waals surface area contributed by atoms with Crippen molar-refractivity contribution in [1.82, 2.24) is 0 Å². The van der Waals surface area contributed by atoms with E-state index in [1.807, 2.05) is 19.1 Å². The Balaban J connectivity index is 1.28. The molecule has 2 aromatic carbocycles. The van der Waals surface area contributed by atoms with Crippen LogP contribution in [0.15, 0.2) is 60.7 Å². The van der Waals surface area contributed by atoms with Gasteiger partial charge in [-0.1, -0.05) is 25.1 Å². The molecule has 2 fully saturated rings. The summed E-state index contributed by atoms with van der Waals surface area (Å²) < 4.78 is 10.7. The summed E-state index contributed by atoms with van der Waals surface area (Å²) in [7, 11) is 1.57. The maximum atomic E-state index is 13.1. The number of benzene rings is 2. The number of nitrogens with zero attached hydrogens (tertiary/aromatic N) is 2. The summed E-state index contributed by atoms with van der Waals surface area (Å²) in [5, 5.41) is 0. The van der Waals surface area contributed by atoms with E-state index in [4.69, 9.17) is 9.47 Å². The lowest BCUT2D eigenvalue weighted by molar-refractivity contribution is -0.139. The summed E-state index contributed by atoms with van der Waals surface area (Å²) in [6.45, 7) is 2.15. The molecule has 0 bridgehead atoms. The minimum Gasteiger partial charge on any atom is -0.497 e. The topological polar surface area (TPSA) is 93.2 Å². The fourth-order valence-electron chi connectivity index (χ4n) is 5.16. The van der Waals surface area contributed by atoms with Gasteiger partial charge in [-0.25, -0.2) is 4.90 Å². The van der Waals surface area contributed by atoms with Gasteiger partial charge in [0.25, 0.3) is 0 Å². The molecule has 2 aromatic rings. The highest BCUT2D eigenvalue weighted by atomic mass is 16.5. The Morgan fingerprint density at radius 3 is 2.46 bits per heavy atom. The molecular weight excluding hydrogens is 448 g/mol. The normalized spacial score (nSPS) is 25.7. The van der Waals surface area contributed by atoms with Crippen LogP contribution in [0.5, 0.6) is 11.5 Å². The second kappa shape index (κ2) is 9.02. The highest BCUT2D eigenvalue weighted by molar-refractivity contribution is 6.22. The van der Waals surface area contributed by atoms with Gasteiger partial charge in [0, 0.05) is 24.7 Å². The highest BCUT2D eigenvalue weighted by Gasteiger charge is 2.50. The van der Waals surface area contributed by atoms with Gasteiger partial charge < -0.3 is 14.4 Å². The summed E-state index contributed by atoms with van der Waals surface area (Å²) in [4.78, 5) is 54.2. The van der Waals surface area contributed by atoms with E-state index in [0.717, 1.165) is 0 Å². The maximum Gasteiger partial charge on any atom is 0.316 e. The van der Waals surface area contributed by atoms with E-state index in [1.165, 1.54) is 11.0 Å². The van der Waals surface area contributed by atoms with Crippen LogP contribution in [0, 0.1) is 23.7 Å². The molecule has 0 aromatic heterocycles. The Morgan fingerprint density at radius 1 is 0.971 bits per heavy atom. The third kappa shape index (κ3) is 4.09. The Bertz CT molecular complexity index is 1220. The van der Waals surface area contributed by atoms with Crippen molar-refractivity contribution < 1.29 is 28.7 Å². The Morgan fingerprint density at radius 2 is 1.74 bits per heavy atom. The van der Waals surface area contributed by atoms with Crippen LogP contribution in [0.1, 0.15) is 19.8 Å². The number of hydrogen-bond acceptors (Lipinski definition) is 6. The van der Waals surface area contributed by atoms with Gasteiger partial charge in [-0.15, -0.1) is 0 Å². The molecule has 2 aliphatic heterocycles. The molecule has 0 unspecified atom stereocenters. The lowest BCUT2D eigenvalue weighted by Crippen LogP contribution is -2.31. The summed E-state index contributed by atoms with van der Waals surface area (Å²) in [6.07, 6.45) is 4.52. The first-order valence-corrected chi connectivity index (χ1v) is 11.7. The molecule has 0 radical (unpaired) electrons. The first kappa shape index (κ1) is 22.8. The monoisotopic (exact) mass is 474 g/mol. The maximum absolute atomic E-state index is 13.1. The van der Waals surface area contributed by atoms with Gasteiger partial charge in [0.05, 0.1) is 30.6 Å². The number of amides is 3. The molecular formula is C27H26N2O6. The van der Waals surface area contributed by atoms with Gasteiger partial charge in [-0.3, -0.25) is 19.2 Å². The molecule has 0 spiro atoms. The van der Waals surface area contributed by atoms with Gasteiger partial charge in [-0.2, -0.15) is 0 Å². The number of methoxy groups -OCH3 is 1. The van der Waals surface area contributed by atoms with E-state index >= 15 is 0 Å². The number of imide groups is 1. The first-order chi connectivity index (χ1) is 16.9. The molecule has 180 valence electrons. The third-order valence-electron chi connectivity index (χ3n) is 7.01. The quantitative estimate of drug-likeness (QED) is 0.286. The van der Waals surface area contributed by atoms with E-state index in [1.54, 1.807) is 54.5 Å². The van der Waals surface area contributed by atoms with Crippen molar-refractivity contribution >= 4 is 35.1 Å². The third-order valence-corrected chi connectivity index (χ3v) is 7.01. The van der Waals surface area contributed by atoms with Crippen molar-refractivity contribution in [3.05, 3.63) is 60.7 Å². The average molecular weight is 475 g/mol. The predicted molar refractivity (Wildman–Crippen MR) is 128 cm³/mol. The number of anilines is 2. The number of esters is 1. The number of carbonyl (C=O) groups is 4.